The zero-order valence-corrected chi connectivity index (χ0v) is 11.2. The Morgan fingerprint density at radius 3 is 2.47 bits per heavy atom. The number of anilines is 3. The van der Waals surface area contributed by atoms with E-state index in [1.807, 2.05) is 43.1 Å². The number of ether oxygens (including phenoxy) is 1. The zero-order chi connectivity index (χ0) is 13.8. The second-order valence-corrected chi connectivity index (χ2v) is 4.07. The lowest BCUT2D eigenvalue weighted by Gasteiger charge is -2.21. The monoisotopic (exact) mass is 259 g/mol. The molecule has 0 aliphatic heterocycles. The third-order valence-corrected chi connectivity index (χ3v) is 2.97. The third-order valence-electron chi connectivity index (χ3n) is 2.97. The van der Waals surface area contributed by atoms with Crippen LogP contribution in [0.15, 0.2) is 30.6 Å². The van der Waals surface area contributed by atoms with E-state index >= 15 is 0 Å². The first-order chi connectivity index (χ1) is 9.17. The van der Waals surface area contributed by atoms with Crippen LogP contribution >= 0.6 is 0 Å². The van der Waals surface area contributed by atoms with Crippen LogP contribution in [0.1, 0.15) is 5.56 Å². The highest BCUT2D eigenvalue weighted by Crippen LogP contribution is 2.28. The molecule has 3 N–H and O–H groups in total. The summed E-state index contributed by atoms with van der Waals surface area (Å²) in [7, 11) is 3.59. The van der Waals surface area contributed by atoms with Gasteiger partial charge in [0.2, 0.25) is 0 Å². The summed E-state index contributed by atoms with van der Waals surface area (Å²) >= 11 is 0. The minimum absolute atomic E-state index is 0.616. The van der Waals surface area contributed by atoms with Gasteiger partial charge in [-0.3, -0.25) is 0 Å². The maximum atomic E-state index is 5.42. The van der Waals surface area contributed by atoms with Crippen molar-refractivity contribution in [2.75, 3.05) is 24.5 Å². The highest BCUT2D eigenvalue weighted by Gasteiger charge is 2.12. The minimum atomic E-state index is 0.616. The zero-order valence-electron chi connectivity index (χ0n) is 11.2. The Morgan fingerprint density at radius 1 is 1.21 bits per heavy atom. The molecule has 1 heterocycles. The van der Waals surface area contributed by atoms with Gasteiger partial charge in [0.15, 0.2) is 0 Å². The summed E-state index contributed by atoms with van der Waals surface area (Å²) in [6, 6.07) is 7.75. The molecule has 0 atom stereocenters. The molecule has 100 valence electrons. The lowest BCUT2D eigenvalue weighted by Crippen LogP contribution is -2.16. The van der Waals surface area contributed by atoms with E-state index in [4.69, 9.17) is 10.6 Å². The average Bonchev–Trinajstić information content (AvgIpc) is 2.47. The van der Waals surface area contributed by atoms with Crippen molar-refractivity contribution in [3.63, 3.8) is 0 Å². The van der Waals surface area contributed by atoms with Crippen molar-refractivity contribution in [2.45, 2.75) is 6.92 Å². The van der Waals surface area contributed by atoms with E-state index in [1.165, 1.54) is 6.33 Å². The molecule has 0 aliphatic carbocycles. The van der Waals surface area contributed by atoms with Gasteiger partial charge in [0.1, 0.15) is 23.7 Å². The van der Waals surface area contributed by atoms with Gasteiger partial charge >= 0.3 is 0 Å². The Bertz CT molecular complexity index is 555. The lowest BCUT2D eigenvalue weighted by atomic mass is 10.2. The van der Waals surface area contributed by atoms with Crippen molar-refractivity contribution in [2.24, 2.45) is 5.84 Å². The summed E-state index contributed by atoms with van der Waals surface area (Å²) in [4.78, 5) is 10.3. The maximum Gasteiger partial charge on any atom is 0.148 e. The summed E-state index contributed by atoms with van der Waals surface area (Å²) < 4.78 is 5.14. The molecule has 0 aliphatic rings. The van der Waals surface area contributed by atoms with Gasteiger partial charge in [0, 0.05) is 18.3 Å². The molecule has 0 fully saturated rings. The molecule has 19 heavy (non-hydrogen) atoms. The number of methoxy groups -OCH3 is 1. The van der Waals surface area contributed by atoms with Crippen LogP contribution in [0.3, 0.4) is 0 Å². The maximum absolute atomic E-state index is 5.42. The Balaban J connectivity index is 2.35. The highest BCUT2D eigenvalue weighted by molar-refractivity contribution is 5.66. The Morgan fingerprint density at radius 2 is 1.89 bits per heavy atom. The van der Waals surface area contributed by atoms with E-state index in [-0.39, 0.29) is 0 Å². The number of benzene rings is 1. The largest absolute Gasteiger partial charge is 0.497 e. The molecule has 0 amide bonds. The molecule has 1 aromatic carbocycles. The van der Waals surface area contributed by atoms with Crippen molar-refractivity contribution in [1.29, 1.82) is 0 Å². The first-order valence-electron chi connectivity index (χ1n) is 5.83. The topological polar surface area (TPSA) is 76.3 Å². The first kappa shape index (κ1) is 13.1. The van der Waals surface area contributed by atoms with Gasteiger partial charge in [-0.25, -0.2) is 15.8 Å². The summed E-state index contributed by atoms with van der Waals surface area (Å²) in [5.74, 6) is 7.66. The fourth-order valence-corrected chi connectivity index (χ4v) is 1.85. The number of nitrogens with two attached hydrogens (primary N) is 1. The highest BCUT2D eigenvalue weighted by atomic mass is 16.5. The Labute approximate surface area is 112 Å². The van der Waals surface area contributed by atoms with E-state index in [2.05, 4.69) is 15.4 Å². The molecule has 0 saturated heterocycles. The van der Waals surface area contributed by atoms with Crippen LogP contribution in [0.2, 0.25) is 0 Å². The molecule has 2 aromatic rings. The first-order valence-corrected chi connectivity index (χ1v) is 5.83. The standard InChI is InChI=1S/C13H17N5O/c1-9-12(17-14)15-8-16-13(9)18(2)10-4-6-11(19-3)7-5-10/h4-8H,14H2,1-3H3,(H,15,16,17). The van der Waals surface area contributed by atoms with E-state index in [0.717, 1.165) is 22.8 Å². The number of nitrogens with zero attached hydrogens (tertiary/aromatic N) is 3. The van der Waals surface area contributed by atoms with Gasteiger partial charge in [0.05, 0.1) is 7.11 Å². The smallest absolute Gasteiger partial charge is 0.148 e. The van der Waals surface area contributed by atoms with E-state index in [0.29, 0.717) is 5.82 Å². The second-order valence-electron chi connectivity index (χ2n) is 4.07. The van der Waals surface area contributed by atoms with E-state index in [9.17, 15) is 0 Å². The van der Waals surface area contributed by atoms with Crippen LogP contribution in [0.4, 0.5) is 17.3 Å². The van der Waals surface area contributed by atoms with Crippen LogP contribution in [0, 0.1) is 6.92 Å². The fraction of sp³-hybridized carbons (Fsp3) is 0.231. The van der Waals surface area contributed by atoms with Crippen LogP contribution in [-0.4, -0.2) is 24.1 Å². The second kappa shape index (κ2) is 5.53. The number of aromatic nitrogens is 2. The van der Waals surface area contributed by atoms with Gasteiger partial charge in [-0.15, -0.1) is 0 Å². The number of hydrogen-bond acceptors (Lipinski definition) is 6. The quantitative estimate of drug-likeness (QED) is 0.644. The Kier molecular flexibility index (Phi) is 3.82. The molecule has 0 saturated carbocycles. The summed E-state index contributed by atoms with van der Waals surface area (Å²) in [6.07, 6.45) is 1.48. The summed E-state index contributed by atoms with van der Waals surface area (Å²) in [5, 5.41) is 0. The van der Waals surface area contributed by atoms with Crippen molar-refractivity contribution in [1.82, 2.24) is 9.97 Å². The number of hydrogen-bond donors (Lipinski definition) is 2. The Hall–Kier alpha value is -2.34. The normalized spacial score (nSPS) is 10.1. The molecule has 6 heteroatoms. The molecule has 2 rings (SSSR count). The van der Waals surface area contributed by atoms with Gasteiger partial charge in [0.25, 0.3) is 0 Å². The molecule has 6 nitrogen and oxygen atoms in total. The fourth-order valence-electron chi connectivity index (χ4n) is 1.85. The van der Waals surface area contributed by atoms with Gasteiger partial charge in [-0.05, 0) is 31.2 Å². The molecule has 1 aromatic heterocycles. The van der Waals surface area contributed by atoms with Gasteiger partial charge < -0.3 is 15.1 Å². The van der Waals surface area contributed by atoms with E-state index < -0.39 is 0 Å². The number of nitrogens with one attached hydrogen (secondary N) is 1. The number of rotatable bonds is 4. The molecular formula is C13H17N5O. The number of nitrogen functional groups attached to an aromatic ring is 1. The van der Waals surface area contributed by atoms with Gasteiger partial charge in [-0.1, -0.05) is 0 Å². The van der Waals surface area contributed by atoms with Crippen molar-refractivity contribution >= 4 is 17.3 Å². The summed E-state index contributed by atoms with van der Waals surface area (Å²) in [5.41, 5.74) is 4.46. The van der Waals surface area contributed by atoms with Crippen LogP contribution in [0.5, 0.6) is 5.75 Å². The van der Waals surface area contributed by atoms with E-state index in [1.54, 1.807) is 7.11 Å². The van der Waals surface area contributed by atoms with Crippen molar-refractivity contribution in [3.8, 4) is 5.75 Å². The number of hydrazine groups is 1. The third kappa shape index (κ3) is 2.58. The molecular weight excluding hydrogens is 242 g/mol. The van der Waals surface area contributed by atoms with Crippen LogP contribution in [-0.2, 0) is 0 Å². The van der Waals surface area contributed by atoms with Crippen molar-refractivity contribution in [3.05, 3.63) is 36.2 Å². The van der Waals surface area contributed by atoms with Crippen LogP contribution < -0.4 is 20.9 Å². The van der Waals surface area contributed by atoms with Gasteiger partial charge in [-0.2, -0.15) is 0 Å². The molecule has 0 unspecified atom stereocenters. The predicted octanol–water partition coefficient (Wildman–Crippen LogP) is 1.85. The SMILES string of the molecule is COc1ccc(N(C)c2ncnc(NN)c2C)cc1. The molecule has 0 radical (unpaired) electrons. The lowest BCUT2D eigenvalue weighted by molar-refractivity contribution is 0.415. The minimum Gasteiger partial charge on any atom is -0.497 e. The average molecular weight is 259 g/mol. The van der Waals surface area contributed by atoms with Crippen molar-refractivity contribution < 1.29 is 4.74 Å². The molecule has 0 bridgehead atoms. The van der Waals surface area contributed by atoms with Crippen LogP contribution in [0.25, 0.3) is 0 Å². The summed E-state index contributed by atoms with van der Waals surface area (Å²) in [6.45, 7) is 1.92. The predicted molar refractivity (Wildman–Crippen MR) is 75.6 cm³/mol. The molecule has 0 spiro atoms.